The van der Waals surface area contributed by atoms with E-state index in [1.54, 1.807) is 0 Å². The molecule has 1 aliphatic rings. The van der Waals surface area contributed by atoms with Gasteiger partial charge in [-0.15, -0.1) is 0 Å². The molecule has 1 aliphatic carbocycles. The molecule has 3 nitrogen and oxygen atoms in total. The molecule has 0 aromatic heterocycles. The predicted octanol–water partition coefficient (Wildman–Crippen LogP) is 3.07. The van der Waals surface area contributed by atoms with Crippen LogP contribution in [0.2, 0.25) is 0 Å². The van der Waals surface area contributed by atoms with E-state index >= 15 is 0 Å². The Morgan fingerprint density at radius 2 is 1.83 bits per heavy atom. The molecular formula is C15H22N2O. The second-order valence-electron chi connectivity index (χ2n) is 5.50. The van der Waals surface area contributed by atoms with Gasteiger partial charge in [-0.3, -0.25) is 4.79 Å². The van der Waals surface area contributed by atoms with Crippen molar-refractivity contribution in [3.63, 3.8) is 0 Å². The lowest BCUT2D eigenvalue weighted by Crippen LogP contribution is -2.38. The molecule has 0 saturated heterocycles. The molecule has 0 unspecified atom stereocenters. The minimum Gasteiger partial charge on any atom is -0.326 e. The van der Waals surface area contributed by atoms with E-state index in [4.69, 9.17) is 0 Å². The van der Waals surface area contributed by atoms with Crippen LogP contribution in [0.4, 0.5) is 5.69 Å². The molecular weight excluding hydrogens is 224 g/mol. The lowest BCUT2D eigenvalue weighted by molar-refractivity contribution is -0.114. The van der Waals surface area contributed by atoms with Crippen molar-refractivity contribution in [1.82, 2.24) is 5.32 Å². The zero-order chi connectivity index (χ0) is 13.0. The molecule has 0 aliphatic heterocycles. The highest BCUT2D eigenvalue weighted by molar-refractivity contribution is 5.88. The summed E-state index contributed by atoms with van der Waals surface area (Å²) in [4.78, 5) is 10.9. The molecule has 3 heteroatoms. The Kier molecular flexibility index (Phi) is 4.02. The Hall–Kier alpha value is -1.35. The minimum absolute atomic E-state index is 0.0284. The highest BCUT2D eigenvalue weighted by Gasteiger charge is 2.27. The minimum atomic E-state index is -0.0284. The number of carbonyl (C=O) groups excluding carboxylic acids is 1. The number of hydrogen-bond acceptors (Lipinski definition) is 2. The summed E-state index contributed by atoms with van der Waals surface area (Å²) >= 11 is 0. The molecule has 2 rings (SSSR count). The van der Waals surface area contributed by atoms with E-state index < -0.39 is 0 Å². The van der Waals surface area contributed by atoms with Crippen molar-refractivity contribution in [2.45, 2.75) is 51.6 Å². The van der Waals surface area contributed by atoms with Crippen LogP contribution in [-0.4, -0.2) is 11.4 Å². The van der Waals surface area contributed by atoms with Crippen LogP contribution in [0, 0.1) is 0 Å². The van der Waals surface area contributed by atoms with E-state index in [0.717, 1.165) is 12.2 Å². The molecule has 0 heterocycles. The second-order valence-corrected chi connectivity index (χ2v) is 5.50. The van der Waals surface area contributed by atoms with Gasteiger partial charge in [0.05, 0.1) is 0 Å². The van der Waals surface area contributed by atoms with Crippen LogP contribution in [0.25, 0.3) is 0 Å². The quantitative estimate of drug-likeness (QED) is 0.857. The molecule has 18 heavy (non-hydrogen) atoms. The van der Waals surface area contributed by atoms with Crippen molar-refractivity contribution in [2.75, 3.05) is 5.32 Å². The zero-order valence-electron chi connectivity index (χ0n) is 11.3. The Labute approximate surface area is 109 Å². The van der Waals surface area contributed by atoms with Gasteiger partial charge in [-0.25, -0.2) is 0 Å². The monoisotopic (exact) mass is 246 g/mol. The van der Waals surface area contributed by atoms with Gasteiger partial charge in [0.1, 0.15) is 0 Å². The van der Waals surface area contributed by atoms with E-state index in [-0.39, 0.29) is 5.91 Å². The largest absolute Gasteiger partial charge is 0.326 e. The summed E-state index contributed by atoms with van der Waals surface area (Å²) in [5, 5.41) is 6.42. The van der Waals surface area contributed by atoms with Gasteiger partial charge in [0, 0.05) is 24.7 Å². The Morgan fingerprint density at radius 3 is 2.39 bits per heavy atom. The molecule has 2 N–H and O–H groups in total. The number of nitrogens with one attached hydrogen (secondary N) is 2. The van der Waals surface area contributed by atoms with Crippen LogP contribution in [0.3, 0.4) is 0 Å². The Balaban J connectivity index is 1.88. The number of rotatable bonds is 4. The first-order chi connectivity index (χ1) is 8.57. The van der Waals surface area contributed by atoms with Gasteiger partial charge in [0.15, 0.2) is 0 Å². The summed E-state index contributed by atoms with van der Waals surface area (Å²) in [7, 11) is 0. The maximum Gasteiger partial charge on any atom is 0.221 e. The maximum atomic E-state index is 10.9. The molecule has 1 aromatic rings. The second kappa shape index (κ2) is 5.53. The SMILES string of the molecule is CC(=O)Nc1ccc(CNC2(C)CCCC2)cc1. The summed E-state index contributed by atoms with van der Waals surface area (Å²) in [5.41, 5.74) is 2.44. The van der Waals surface area contributed by atoms with Crippen molar-refractivity contribution in [1.29, 1.82) is 0 Å². The van der Waals surface area contributed by atoms with E-state index in [1.807, 2.05) is 12.1 Å². The molecule has 98 valence electrons. The van der Waals surface area contributed by atoms with Crippen molar-refractivity contribution >= 4 is 11.6 Å². The third-order valence-electron chi connectivity index (χ3n) is 3.70. The molecule has 0 spiro atoms. The van der Waals surface area contributed by atoms with Gasteiger partial charge in [-0.1, -0.05) is 25.0 Å². The molecule has 1 amide bonds. The van der Waals surface area contributed by atoms with Crippen molar-refractivity contribution in [3.8, 4) is 0 Å². The first kappa shape index (κ1) is 13.1. The molecule has 0 atom stereocenters. The number of benzene rings is 1. The summed E-state index contributed by atoms with van der Waals surface area (Å²) in [6.45, 7) is 4.74. The average Bonchev–Trinajstić information content (AvgIpc) is 2.75. The number of hydrogen-bond donors (Lipinski definition) is 2. The van der Waals surface area contributed by atoms with E-state index in [1.165, 1.54) is 38.2 Å². The highest BCUT2D eigenvalue weighted by atomic mass is 16.1. The fourth-order valence-electron chi connectivity index (χ4n) is 2.56. The normalized spacial score (nSPS) is 17.7. The summed E-state index contributed by atoms with van der Waals surface area (Å²) < 4.78 is 0. The molecule has 1 fully saturated rings. The van der Waals surface area contributed by atoms with Gasteiger partial charge in [-0.05, 0) is 37.5 Å². The smallest absolute Gasteiger partial charge is 0.221 e. The zero-order valence-corrected chi connectivity index (χ0v) is 11.3. The standard InChI is InChI=1S/C15H22N2O/c1-12(18)17-14-7-5-13(6-8-14)11-16-15(2)9-3-4-10-15/h5-8,16H,3-4,9-11H2,1-2H3,(H,17,18). The van der Waals surface area contributed by atoms with Gasteiger partial charge in [0.2, 0.25) is 5.91 Å². The Bertz CT molecular complexity index is 405. The van der Waals surface area contributed by atoms with Gasteiger partial charge >= 0.3 is 0 Å². The first-order valence-corrected chi connectivity index (χ1v) is 6.69. The molecule has 0 radical (unpaired) electrons. The first-order valence-electron chi connectivity index (χ1n) is 6.69. The molecule has 1 saturated carbocycles. The average molecular weight is 246 g/mol. The number of anilines is 1. The third-order valence-corrected chi connectivity index (χ3v) is 3.70. The fraction of sp³-hybridized carbons (Fsp3) is 0.533. The fourth-order valence-corrected chi connectivity index (χ4v) is 2.56. The van der Waals surface area contributed by atoms with Crippen LogP contribution in [-0.2, 0) is 11.3 Å². The predicted molar refractivity (Wildman–Crippen MR) is 74.5 cm³/mol. The lowest BCUT2D eigenvalue weighted by atomic mass is 10.0. The summed E-state index contributed by atoms with van der Waals surface area (Å²) in [6, 6.07) is 8.04. The van der Waals surface area contributed by atoms with Crippen molar-refractivity contribution in [3.05, 3.63) is 29.8 Å². The van der Waals surface area contributed by atoms with Gasteiger partial charge < -0.3 is 10.6 Å². The van der Waals surface area contributed by atoms with Crippen LogP contribution < -0.4 is 10.6 Å². The Morgan fingerprint density at radius 1 is 1.22 bits per heavy atom. The highest BCUT2D eigenvalue weighted by Crippen LogP contribution is 2.29. The summed E-state index contributed by atoms with van der Waals surface area (Å²) in [6.07, 6.45) is 5.23. The van der Waals surface area contributed by atoms with Gasteiger partial charge in [-0.2, -0.15) is 0 Å². The van der Waals surface area contributed by atoms with Crippen LogP contribution in [0.1, 0.15) is 45.1 Å². The number of carbonyl (C=O) groups is 1. The maximum absolute atomic E-state index is 10.9. The van der Waals surface area contributed by atoms with Gasteiger partial charge in [0.25, 0.3) is 0 Å². The van der Waals surface area contributed by atoms with Crippen molar-refractivity contribution < 1.29 is 4.79 Å². The number of amides is 1. The van der Waals surface area contributed by atoms with Crippen molar-refractivity contribution in [2.24, 2.45) is 0 Å². The summed E-state index contributed by atoms with van der Waals surface area (Å²) in [5.74, 6) is -0.0284. The van der Waals surface area contributed by atoms with Crippen LogP contribution in [0.15, 0.2) is 24.3 Å². The topological polar surface area (TPSA) is 41.1 Å². The third kappa shape index (κ3) is 3.57. The van der Waals surface area contributed by atoms with E-state index in [9.17, 15) is 4.79 Å². The van der Waals surface area contributed by atoms with Crippen LogP contribution in [0.5, 0.6) is 0 Å². The molecule has 0 bridgehead atoms. The van der Waals surface area contributed by atoms with Crippen LogP contribution >= 0.6 is 0 Å². The van der Waals surface area contributed by atoms with E-state index in [0.29, 0.717) is 5.54 Å². The van der Waals surface area contributed by atoms with E-state index in [2.05, 4.69) is 29.7 Å². The lowest BCUT2D eigenvalue weighted by Gasteiger charge is -2.25. The molecule has 1 aromatic carbocycles.